The van der Waals surface area contributed by atoms with Crippen LogP contribution >= 0.6 is 11.3 Å². The van der Waals surface area contributed by atoms with Gasteiger partial charge in [-0.3, -0.25) is 0 Å². The van der Waals surface area contributed by atoms with Crippen LogP contribution in [-0.4, -0.2) is 12.0 Å². The molecule has 3 nitrogen and oxygen atoms in total. The molecule has 96 valence electrons. The molecule has 5 heteroatoms. The van der Waals surface area contributed by atoms with Crippen molar-refractivity contribution in [3.05, 3.63) is 46.2 Å². The number of hydrogen-bond acceptors (Lipinski definition) is 4. The van der Waals surface area contributed by atoms with Crippen molar-refractivity contribution in [1.82, 2.24) is 10.3 Å². The highest BCUT2D eigenvalue weighted by molar-refractivity contribution is 7.07. The first-order valence-electron chi connectivity index (χ1n) is 5.67. The van der Waals surface area contributed by atoms with Crippen LogP contribution in [0.2, 0.25) is 0 Å². The monoisotopic (exact) mass is 266 g/mol. The molecule has 1 unspecified atom stereocenters. The van der Waals surface area contributed by atoms with E-state index in [2.05, 4.69) is 10.3 Å². The quantitative estimate of drug-likeness (QED) is 0.902. The van der Waals surface area contributed by atoms with Crippen LogP contribution in [0.25, 0.3) is 0 Å². The Labute approximate surface area is 110 Å². The largest absolute Gasteiger partial charge is 0.487 e. The second kappa shape index (κ2) is 5.93. The first-order chi connectivity index (χ1) is 8.70. The molecule has 0 saturated heterocycles. The molecule has 2 aromatic rings. The molecule has 0 bridgehead atoms. The van der Waals surface area contributed by atoms with E-state index >= 15 is 0 Å². The normalized spacial score (nSPS) is 12.4. The predicted molar refractivity (Wildman–Crippen MR) is 70.3 cm³/mol. The minimum absolute atomic E-state index is 0.0335. The molecule has 2 rings (SSSR count). The molecular formula is C13H15FN2OS. The highest BCUT2D eigenvalue weighted by Gasteiger charge is 2.11. The fraction of sp³-hybridized carbons (Fsp3) is 0.308. The van der Waals surface area contributed by atoms with Crippen LogP contribution in [0.1, 0.15) is 24.2 Å². The van der Waals surface area contributed by atoms with Gasteiger partial charge in [0.1, 0.15) is 18.2 Å². The highest BCUT2D eigenvalue weighted by atomic mass is 32.1. The van der Waals surface area contributed by atoms with Crippen LogP contribution in [0.5, 0.6) is 5.75 Å². The van der Waals surface area contributed by atoms with Gasteiger partial charge in [-0.05, 0) is 32.2 Å². The van der Waals surface area contributed by atoms with E-state index in [1.165, 1.54) is 23.5 Å². The molecule has 0 spiro atoms. The summed E-state index contributed by atoms with van der Waals surface area (Å²) in [6.45, 7) is 2.36. The van der Waals surface area contributed by atoms with Crippen LogP contribution < -0.4 is 10.1 Å². The van der Waals surface area contributed by atoms with Crippen LogP contribution in [-0.2, 0) is 6.61 Å². The van der Waals surface area contributed by atoms with Crippen molar-refractivity contribution in [2.45, 2.75) is 19.6 Å². The molecule has 1 aromatic heterocycles. The number of hydrogen-bond donors (Lipinski definition) is 1. The summed E-state index contributed by atoms with van der Waals surface area (Å²) >= 11 is 1.53. The lowest BCUT2D eigenvalue weighted by atomic mass is 10.1. The van der Waals surface area contributed by atoms with Gasteiger partial charge in [0.05, 0.1) is 11.2 Å². The second-order valence-electron chi connectivity index (χ2n) is 3.96. The zero-order valence-corrected chi connectivity index (χ0v) is 11.1. The van der Waals surface area contributed by atoms with Crippen LogP contribution in [0, 0.1) is 5.82 Å². The standard InChI is InChI=1S/C13H15FN2OS/c1-9(15-2)12-5-10(14)3-4-13(12)17-6-11-7-18-8-16-11/h3-5,7-9,15H,6H2,1-2H3. The van der Waals surface area contributed by atoms with Gasteiger partial charge in [0.15, 0.2) is 0 Å². The number of nitrogens with zero attached hydrogens (tertiary/aromatic N) is 1. The number of thiazole rings is 1. The Bertz CT molecular complexity index is 502. The Balaban J connectivity index is 2.16. The number of halogens is 1. The van der Waals surface area contributed by atoms with E-state index < -0.39 is 0 Å². The minimum atomic E-state index is -0.256. The zero-order chi connectivity index (χ0) is 13.0. The van der Waals surface area contributed by atoms with E-state index in [4.69, 9.17) is 4.74 Å². The Morgan fingerprint density at radius 1 is 1.50 bits per heavy atom. The topological polar surface area (TPSA) is 34.1 Å². The molecule has 0 aliphatic heterocycles. The number of benzene rings is 1. The summed E-state index contributed by atoms with van der Waals surface area (Å²) in [5.41, 5.74) is 3.46. The summed E-state index contributed by atoms with van der Waals surface area (Å²) in [4.78, 5) is 4.15. The van der Waals surface area contributed by atoms with Gasteiger partial charge in [0.2, 0.25) is 0 Å². The first-order valence-corrected chi connectivity index (χ1v) is 6.61. The average molecular weight is 266 g/mol. The third-order valence-electron chi connectivity index (χ3n) is 2.73. The molecule has 0 aliphatic rings. The molecule has 0 fully saturated rings. The molecule has 0 radical (unpaired) electrons. The third kappa shape index (κ3) is 3.05. The molecule has 0 saturated carbocycles. The summed E-state index contributed by atoms with van der Waals surface area (Å²) < 4.78 is 19.0. The third-order valence-corrected chi connectivity index (χ3v) is 3.37. The Morgan fingerprint density at radius 3 is 3.00 bits per heavy atom. The first kappa shape index (κ1) is 13.0. The van der Waals surface area contributed by atoms with Crippen molar-refractivity contribution in [1.29, 1.82) is 0 Å². The SMILES string of the molecule is CNC(C)c1cc(F)ccc1OCc1cscn1. The molecule has 1 atom stereocenters. The van der Waals surface area contributed by atoms with Crippen molar-refractivity contribution < 1.29 is 9.13 Å². The van der Waals surface area contributed by atoms with Crippen molar-refractivity contribution >= 4 is 11.3 Å². The number of ether oxygens (including phenoxy) is 1. The number of nitrogens with one attached hydrogen (secondary N) is 1. The smallest absolute Gasteiger partial charge is 0.131 e. The summed E-state index contributed by atoms with van der Waals surface area (Å²) in [7, 11) is 1.83. The molecule has 1 N–H and O–H groups in total. The van der Waals surface area contributed by atoms with E-state index in [0.717, 1.165) is 11.3 Å². The van der Waals surface area contributed by atoms with Crippen LogP contribution in [0.15, 0.2) is 29.1 Å². The molecule has 1 heterocycles. The molecule has 1 aromatic carbocycles. The maximum atomic E-state index is 13.3. The van der Waals surface area contributed by atoms with Crippen molar-refractivity contribution in [3.8, 4) is 5.75 Å². The van der Waals surface area contributed by atoms with E-state index in [0.29, 0.717) is 12.4 Å². The number of rotatable bonds is 5. The maximum Gasteiger partial charge on any atom is 0.131 e. The lowest BCUT2D eigenvalue weighted by molar-refractivity contribution is 0.295. The van der Waals surface area contributed by atoms with Gasteiger partial charge >= 0.3 is 0 Å². The Kier molecular flexibility index (Phi) is 4.28. The molecule has 18 heavy (non-hydrogen) atoms. The van der Waals surface area contributed by atoms with Crippen molar-refractivity contribution in [3.63, 3.8) is 0 Å². The van der Waals surface area contributed by atoms with Gasteiger partial charge in [0, 0.05) is 17.0 Å². The Morgan fingerprint density at radius 2 is 2.33 bits per heavy atom. The van der Waals surface area contributed by atoms with Gasteiger partial charge in [-0.25, -0.2) is 9.37 Å². The van der Waals surface area contributed by atoms with E-state index in [-0.39, 0.29) is 11.9 Å². The highest BCUT2D eigenvalue weighted by Crippen LogP contribution is 2.26. The lowest BCUT2D eigenvalue weighted by Crippen LogP contribution is -2.14. The summed E-state index contributed by atoms with van der Waals surface area (Å²) in [6, 6.07) is 4.59. The van der Waals surface area contributed by atoms with Crippen molar-refractivity contribution in [2.75, 3.05) is 7.05 Å². The lowest BCUT2D eigenvalue weighted by Gasteiger charge is -2.16. The van der Waals surface area contributed by atoms with Gasteiger partial charge in [-0.1, -0.05) is 0 Å². The fourth-order valence-electron chi connectivity index (χ4n) is 1.61. The molecule has 0 amide bonds. The zero-order valence-electron chi connectivity index (χ0n) is 10.3. The summed E-state index contributed by atoms with van der Waals surface area (Å²) in [6.07, 6.45) is 0. The van der Waals surface area contributed by atoms with Gasteiger partial charge in [-0.2, -0.15) is 0 Å². The van der Waals surface area contributed by atoms with Gasteiger partial charge in [-0.15, -0.1) is 11.3 Å². The minimum Gasteiger partial charge on any atom is -0.487 e. The second-order valence-corrected chi connectivity index (χ2v) is 4.68. The van der Waals surface area contributed by atoms with E-state index in [1.807, 2.05) is 19.4 Å². The molecular weight excluding hydrogens is 251 g/mol. The van der Waals surface area contributed by atoms with Crippen LogP contribution in [0.4, 0.5) is 4.39 Å². The predicted octanol–water partition coefficient (Wildman–Crippen LogP) is 3.14. The maximum absolute atomic E-state index is 13.3. The van der Waals surface area contributed by atoms with E-state index in [1.54, 1.807) is 11.6 Å². The Hall–Kier alpha value is -1.46. The van der Waals surface area contributed by atoms with Gasteiger partial charge < -0.3 is 10.1 Å². The number of aromatic nitrogens is 1. The van der Waals surface area contributed by atoms with Gasteiger partial charge in [0.25, 0.3) is 0 Å². The van der Waals surface area contributed by atoms with E-state index in [9.17, 15) is 4.39 Å². The molecule has 0 aliphatic carbocycles. The summed E-state index contributed by atoms with van der Waals surface area (Å²) in [5.74, 6) is 0.430. The van der Waals surface area contributed by atoms with Crippen molar-refractivity contribution in [2.24, 2.45) is 0 Å². The van der Waals surface area contributed by atoms with Crippen LogP contribution in [0.3, 0.4) is 0 Å². The average Bonchev–Trinajstić information content (AvgIpc) is 2.89. The fourth-order valence-corrected chi connectivity index (χ4v) is 2.15. The summed E-state index contributed by atoms with van der Waals surface area (Å²) in [5, 5.41) is 5.02.